The van der Waals surface area contributed by atoms with Gasteiger partial charge in [0.2, 0.25) is 11.8 Å². The number of nitrogens with one attached hydrogen (secondary N) is 2. The largest absolute Gasteiger partial charge is 0.394 e. The lowest BCUT2D eigenvalue weighted by atomic mass is 9.97. The highest BCUT2D eigenvalue weighted by Crippen LogP contribution is 2.22. The Labute approximate surface area is 158 Å². The maximum atomic E-state index is 12.1. The van der Waals surface area contributed by atoms with Crippen LogP contribution in [0.3, 0.4) is 0 Å². The molecule has 1 aliphatic rings. The first-order valence-corrected chi connectivity index (χ1v) is 8.95. The van der Waals surface area contributed by atoms with E-state index in [2.05, 4.69) is 10.6 Å². The Bertz CT molecular complexity index is 596. The van der Waals surface area contributed by atoms with E-state index in [0.29, 0.717) is 24.4 Å². The van der Waals surface area contributed by atoms with E-state index in [1.165, 1.54) is 7.11 Å². The highest BCUT2D eigenvalue weighted by atomic mass is 35.5. The zero-order valence-corrected chi connectivity index (χ0v) is 15.5. The molecule has 0 saturated carbocycles. The summed E-state index contributed by atoms with van der Waals surface area (Å²) in [6.07, 6.45) is 0.660. The lowest BCUT2D eigenvalue weighted by Gasteiger charge is -2.35. The molecule has 7 nitrogen and oxygen atoms in total. The van der Waals surface area contributed by atoms with E-state index in [1.807, 2.05) is 12.1 Å². The summed E-state index contributed by atoms with van der Waals surface area (Å²) in [5, 5.41) is 15.8. The van der Waals surface area contributed by atoms with Crippen LogP contribution in [-0.4, -0.2) is 55.5 Å². The van der Waals surface area contributed by atoms with Crippen LogP contribution in [0.25, 0.3) is 0 Å². The molecule has 2 rings (SSSR count). The maximum absolute atomic E-state index is 12.1. The molecule has 1 saturated heterocycles. The number of carbonyl (C=O) groups is 2. The SMILES string of the molecule is COCC(=O)N[C@H]1CC[C@H](CC(=O)NCc2ccc(Cl)cc2)O[C@H]1CO. The number of aliphatic hydroxyl groups excluding tert-OH is 1. The number of amides is 2. The molecule has 0 aromatic heterocycles. The Morgan fingerprint density at radius 3 is 2.65 bits per heavy atom. The van der Waals surface area contributed by atoms with E-state index in [0.717, 1.165) is 5.56 Å². The predicted octanol–water partition coefficient (Wildman–Crippen LogP) is 1.02. The van der Waals surface area contributed by atoms with Crippen LogP contribution in [0.1, 0.15) is 24.8 Å². The smallest absolute Gasteiger partial charge is 0.246 e. The number of hydrogen-bond acceptors (Lipinski definition) is 5. The molecule has 0 spiro atoms. The number of rotatable bonds is 8. The first-order valence-electron chi connectivity index (χ1n) is 8.57. The number of aliphatic hydroxyl groups is 1. The summed E-state index contributed by atoms with van der Waals surface area (Å²) < 4.78 is 10.6. The molecule has 8 heteroatoms. The topological polar surface area (TPSA) is 96.9 Å². The van der Waals surface area contributed by atoms with Gasteiger partial charge in [0.1, 0.15) is 12.7 Å². The summed E-state index contributed by atoms with van der Waals surface area (Å²) in [6, 6.07) is 6.98. The summed E-state index contributed by atoms with van der Waals surface area (Å²) in [5.41, 5.74) is 0.960. The number of methoxy groups -OCH3 is 1. The van der Waals surface area contributed by atoms with Gasteiger partial charge in [-0.05, 0) is 30.5 Å². The van der Waals surface area contributed by atoms with Gasteiger partial charge in [0.15, 0.2) is 0 Å². The Balaban J connectivity index is 1.76. The van der Waals surface area contributed by atoms with Gasteiger partial charge in [0.05, 0.1) is 25.2 Å². The molecule has 3 atom stereocenters. The lowest BCUT2D eigenvalue weighted by Crippen LogP contribution is -2.52. The Hall–Kier alpha value is -1.67. The zero-order valence-electron chi connectivity index (χ0n) is 14.7. The van der Waals surface area contributed by atoms with Crippen LogP contribution in [0, 0.1) is 0 Å². The fourth-order valence-electron chi connectivity index (χ4n) is 2.91. The van der Waals surface area contributed by atoms with Gasteiger partial charge < -0.3 is 25.2 Å². The molecule has 2 amide bonds. The van der Waals surface area contributed by atoms with Crippen LogP contribution in [0.5, 0.6) is 0 Å². The van der Waals surface area contributed by atoms with Crippen LogP contribution < -0.4 is 10.6 Å². The van der Waals surface area contributed by atoms with E-state index in [-0.39, 0.29) is 43.6 Å². The van der Waals surface area contributed by atoms with Crippen molar-refractivity contribution < 1.29 is 24.2 Å². The first-order chi connectivity index (χ1) is 12.5. The van der Waals surface area contributed by atoms with Crippen molar-refractivity contribution in [1.29, 1.82) is 0 Å². The quantitative estimate of drug-likeness (QED) is 0.621. The van der Waals surface area contributed by atoms with Gasteiger partial charge in [-0.2, -0.15) is 0 Å². The molecular formula is C18H25ClN2O5. The summed E-state index contributed by atoms with van der Waals surface area (Å²) in [4.78, 5) is 23.8. The third-order valence-electron chi connectivity index (χ3n) is 4.23. The van der Waals surface area contributed by atoms with Gasteiger partial charge >= 0.3 is 0 Å². The average molecular weight is 385 g/mol. The number of carbonyl (C=O) groups excluding carboxylic acids is 2. The van der Waals surface area contributed by atoms with E-state index >= 15 is 0 Å². The summed E-state index contributed by atoms with van der Waals surface area (Å²) in [5.74, 6) is -0.373. The van der Waals surface area contributed by atoms with Crippen molar-refractivity contribution in [2.75, 3.05) is 20.3 Å². The molecular weight excluding hydrogens is 360 g/mol. The van der Waals surface area contributed by atoms with Crippen LogP contribution in [-0.2, 0) is 25.6 Å². The first kappa shape index (κ1) is 20.6. The molecule has 0 bridgehead atoms. The second-order valence-electron chi connectivity index (χ2n) is 6.27. The standard InChI is InChI=1S/C18H25ClN2O5/c1-25-11-18(24)21-15-7-6-14(26-16(15)10-22)8-17(23)20-9-12-2-4-13(19)5-3-12/h2-5,14-16,22H,6-11H2,1H3,(H,20,23)(H,21,24)/t14-,15+,16+/m1/s1. The molecule has 0 unspecified atom stereocenters. The molecule has 1 heterocycles. The Kier molecular flexibility index (Phi) is 8.31. The minimum atomic E-state index is -0.529. The van der Waals surface area contributed by atoms with E-state index in [1.54, 1.807) is 12.1 Å². The molecule has 0 aliphatic carbocycles. The van der Waals surface area contributed by atoms with Crippen LogP contribution >= 0.6 is 11.6 Å². The molecule has 26 heavy (non-hydrogen) atoms. The van der Waals surface area contributed by atoms with Crippen molar-refractivity contribution in [2.45, 2.75) is 44.1 Å². The minimum absolute atomic E-state index is 0.0365. The number of hydrogen-bond donors (Lipinski definition) is 3. The molecule has 3 N–H and O–H groups in total. The fourth-order valence-corrected chi connectivity index (χ4v) is 3.03. The highest BCUT2D eigenvalue weighted by molar-refractivity contribution is 6.30. The van der Waals surface area contributed by atoms with Gasteiger partial charge in [0.25, 0.3) is 0 Å². The maximum Gasteiger partial charge on any atom is 0.246 e. The summed E-state index contributed by atoms with van der Waals surface area (Å²) >= 11 is 5.83. The van der Waals surface area contributed by atoms with Crippen molar-refractivity contribution in [3.05, 3.63) is 34.9 Å². The average Bonchev–Trinajstić information content (AvgIpc) is 2.62. The Morgan fingerprint density at radius 2 is 2.00 bits per heavy atom. The fraction of sp³-hybridized carbons (Fsp3) is 0.556. The van der Waals surface area contributed by atoms with Crippen LogP contribution in [0.2, 0.25) is 5.02 Å². The van der Waals surface area contributed by atoms with Gasteiger partial charge in [-0.15, -0.1) is 0 Å². The number of benzene rings is 1. The predicted molar refractivity (Wildman–Crippen MR) is 96.7 cm³/mol. The van der Waals surface area contributed by atoms with Crippen molar-refractivity contribution in [2.24, 2.45) is 0 Å². The molecule has 1 aromatic rings. The Morgan fingerprint density at radius 1 is 1.27 bits per heavy atom. The molecule has 0 radical (unpaired) electrons. The third kappa shape index (κ3) is 6.57. The van der Waals surface area contributed by atoms with Gasteiger partial charge in [-0.1, -0.05) is 23.7 Å². The molecule has 1 aliphatic heterocycles. The lowest BCUT2D eigenvalue weighted by molar-refractivity contribution is -0.137. The van der Waals surface area contributed by atoms with E-state index < -0.39 is 6.10 Å². The van der Waals surface area contributed by atoms with Gasteiger partial charge in [-0.3, -0.25) is 9.59 Å². The summed E-state index contributed by atoms with van der Waals surface area (Å²) in [7, 11) is 1.44. The van der Waals surface area contributed by atoms with Crippen molar-refractivity contribution >= 4 is 23.4 Å². The monoisotopic (exact) mass is 384 g/mol. The van der Waals surface area contributed by atoms with Gasteiger partial charge in [-0.25, -0.2) is 0 Å². The third-order valence-corrected chi connectivity index (χ3v) is 4.49. The normalized spacial score (nSPS) is 22.7. The van der Waals surface area contributed by atoms with Crippen molar-refractivity contribution in [3.63, 3.8) is 0 Å². The molecule has 144 valence electrons. The number of ether oxygens (including phenoxy) is 2. The zero-order chi connectivity index (χ0) is 18.9. The number of halogens is 1. The minimum Gasteiger partial charge on any atom is -0.394 e. The van der Waals surface area contributed by atoms with Crippen LogP contribution in [0.15, 0.2) is 24.3 Å². The summed E-state index contributed by atoms with van der Waals surface area (Å²) in [6.45, 7) is 0.161. The van der Waals surface area contributed by atoms with Crippen LogP contribution in [0.4, 0.5) is 0 Å². The van der Waals surface area contributed by atoms with Crippen molar-refractivity contribution in [3.8, 4) is 0 Å². The highest BCUT2D eigenvalue weighted by Gasteiger charge is 2.32. The second-order valence-corrected chi connectivity index (χ2v) is 6.71. The molecule has 1 fully saturated rings. The van der Waals surface area contributed by atoms with E-state index in [9.17, 15) is 14.7 Å². The molecule has 1 aromatic carbocycles. The van der Waals surface area contributed by atoms with Crippen molar-refractivity contribution in [1.82, 2.24) is 10.6 Å². The van der Waals surface area contributed by atoms with E-state index in [4.69, 9.17) is 21.1 Å². The second kappa shape index (κ2) is 10.5. The van der Waals surface area contributed by atoms with Gasteiger partial charge in [0, 0.05) is 18.7 Å².